The van der Waals surface area contributed by atoms with Crippen molar-refractivity contribution in [2.24, 2.45) is 0 Å². The van der Waals surface area contributed by atoms with Gasteiger partial charge in [0.05, 0.1) is 11.0 Å². The highest BCUT2D eigenvalue weighted by molar-refractivity contribution is 7.26. The summed E-state index contributed by atoms with van der Waals surface area (Å²) in [6.07, 6.45) is 0. The van der Waals surface area contributed by atoms with Crippen molar-refractivity contribution in [1.82, 2.24) is 19.5 Å². The van der Waals surface area contributed by atoms with Crippen molar-refractivity contribution in [3.63, 3.8) is 0 Å². The zero-order valence-corrected chi connectivity index (χ0v) is 34.3. The van der Waals surface area contributed by atoms with Crippen LogP contribution in [0.3, 0.4) is 0 Å². The third kappa shape index (κ3) is 6.18. The molecule has 4 nitrogen and oxygen atoms in total. The SMILES string of the molecule is c1ccc(-c2cccc(-c3ccc(-c4ccc5sc6ccc7c8ccccc8n(-c8ccccc8)c7c6c5c4)c(-c4nc(-c5ccccc5)nc(-c5ccccc5)n4)c3)c2)cc1. The van der Waals surface area contributed by atoms with Crippen LogP contribution in [0.2, 0.25) is 0 Å². The van der Waals surface area contributed by atoms with Gasteiger partial charge in [-0.25, -0.2) is 15.0 Å². The number of hydrogen-bond acceptors (Lipinski definition) is 4. The Bertz CT molecular complexity index is 3560. The van der Waals surface area contributed by atoms with Gasteiger partial charge in [0.2, 0.25) is 0 Å². The Hall–Kier alpha value is -7.99. The van der Waals surface area contributed by atoms with E-state index in [1.54, 1.807) is 0 Å². The van der Waals surface area contributed by atoms with Gasteiger partial charge in [-0.1, -0.05) is 170 Å². The van der Waals surface area contributed by atoms with Crippen LogP contribution in [-0.2, 0) is 0 Å². The van der Waals surface area contributed by atoms with Gasteiger partial charge >= 0.3 is 0 Å². The lowest BCUT2D eigenvalue weighted by molar-refractivity contribution is 1.07. The summed E-state index contributed by atoms with van der Waals surface area (Å²) < 4.78 is 4.95. The first-order valence-electron chi connectivity index (χ1n) is 20.8. The monoisotopic (exact) mass is 808 g/mol. The van der Waals surface area contributed by atoms with Crippen LogP contribution >= 0.6 is 11.3 Å². The van der Waals surface area contributed by atoms with Crippen molar-refractivity contribution in [1.29, 1.82) is 0 Å². The topological polar surface area (TPSA) is 43.6 Å². The van der Waals surface area contributed by atoms with Gasteiger partial charge in [0.1, 0.15) is 0 Å². The normalized spacial score (nSPS) is 11.5. The predicted molar refractivity (Wildman–Crippen MR) is 260 cm³/mol. The van der Waals surface area contributed by atoms with Gasteiger partial charge in [0, 0.05) is 53.3 Å². The summed E-state index contributed by atoms with van der Waals surface area (Å²) in [5.74, 6) is 1.88. The van der Waals surface area contributed by atoms with Crippen LogP contribution in [0, 0.1) is 0 Å². The van der Waals surface area contributed by atoms with E-state index in [4.69, 9.17) is 15.0 Å². The van der Waals surface area contributed by atoms with Crippen LogP contribution in [0.4, 0.5) is 0 Å². The first-order valence-corrected chi connectivity index (χ1v) is 21.7. The molecule has 0 unspecified atom stereocenters. The number of benzene rings is 9. The number of aromatic nitrogens is 4. The van der Waals surface area contributed by atoms with Crippen molar-refractivity contribution in [3.8, 4) is 73.2 Å². The molecule has 5 heteroatoms. The Morgan fingerprint density at radius 3 is 1.58 bits per heavy atom. The Morgan fingerprint density at radius 1 is 0.323 bits per heavy atom. The van der Waals surface area contributed by atoms with Crippen LogP contribution in [-0.4, -0.2) is 19.5 Å². The lowest BCUT2D eigenvalue weighted by Gasteiger charge is -2.15. The fourth-order valence-corrected chi connectivity index (χ4v) is 10.0. The molecular formula is C57H36N4S. The number of nitrogens with zero attached hydrogens (tertiary/aromatic N) is 4. The Kier molecular flexibility index (Phi) is 8.65. The van der Waals surface area contributed by atoms with Gasteiger partial charge < -0.3 is 4.57 Å². The number of fused-ring (bicyclic) bond motifs is 7. The number of hydrogen-bond donors (Lipinski definition) is 0. The van der Waals surface area contributed by atoms with E-state index in [2.05, 4.69) is 187 Å². The van der Waals surface area contributed by atoms with E-state index in [9.17, 15) is 0 Å². The Morgan fingerprint density at radius 2 is 0.871 bits per heavy atom. The molecule has 0 saturated carbocycles. The van der Waals surface area contributed by atoms with E-state index < -0.39 is 0 Å². The van der Waals surface area contributed by atoms with E-state index in [1.165, 1.54) is 53.1 Å². The minimum atomic E-state index is 0.621. The molecule has 12 rings (SSSR count). The molecule has 9 aromatic carbocycles. The minimum Gasteiger partial charge on any atom is -0.309 e. The van der Waals surface area contributed by atoms with E-state index >= 15 is 0 Å². The number of para-hydroxylation sites is 2. The molecule has 0 aliphatic rings. The zero-order chi connectivity index (χ0) is 41.0. The summed E-state index contributed by atoms with van der Waals surface area (Å²) in [4.78, 5) is 15.6. The van der Waals surface area contributed by atoms with Crippen molar-refractivity contribution in [3.05, 3.63) is 218 Å². The highest BCUT2D eigenvalue weighted by atomic mass is 32.1. The van der Waals surface area contributed by atoms with Crippen LogP contribution in [0.15, 0.2) is 218 Å². The maximum atomic E-state index is 5.27. The number of thiophene rings is 1. The highest BCUT2D eigenvalue weighted by Gasteiger charge is 2.21. The molecule has 62 heavy (non-hydrogen) atoms. The van der Waals surface area contributed by atoms with Crippen molar-refractivity contribution in [2.45, 2.75) is 0 Å². The summed E-state index contributed by atoms with van der Waals surface area (Å²) >= 11 is 1.85. The highest BCUT2D eigenvalue weighted by Crippen LogP contribution is 2.45. The second-order valence-electron chi connectivity index (χ2n) is 15.6. The van der Waals surface area contributed by atoms with Gasteiger partial charge in [-0.2, -0.15) is 0 Å². The second-order valence-corrected chi connectivity index (χ2v) is 16.7. The molecule has 0 N–H and O–H groups in total. The maximum absolute atomic E-state index is 5.27. The summed E-state index contributed by atoms with van der Waals surface area (Å²) in [7, 11) is 0. The molecule has 0 radical (unpaired) electrons. The molecule has 290 valence electrons. The van der Waals surface area contributed by atoms with Gasteiger partial charge in [-0.15, -0.1) is 11.3 Å². The number of rotatable bonds is 7. The fraction of sp³-hybridized carbons (Fsp3) is 0. The molecule has 0 bridgehead atoms. The van der Waals surface area contributed by atoms with Crippen LogP contribution in [0.1, 0.15) is 0 Å². The molecule has 3 aromatic heterocycles. The summed E-state index contributed by atoms with van der Waals surface area (Å²) in [6.45, 7) is 0. The molecule has 0 fully saturated rings. The predicted octanol–water partition coefficient (Wildman–Crippen LogP) is 15.3. The van der Waals surface area contributed by atoms with E-state index in [-0.39, 0.29) is 0 Å². The third-order valence-corrected chi connectivity index (χ3v) is 13.0. The molecule has 0 saturated heterocycles. The van der Waals surface area contributed by atoms with Crippen LogP contribution in [0.25, 0.3) is 115 Å². The average Bonchev–Trinajstić information content (AvgIpc) is 3.90. The largest absolute Gasteiger partial charge is 0.309 e. The van der Waals surface area contributed by atoms with E-state index in [1.807, 2.05) is 47.7 Å². The quantitative estimate of drug-likeness (QED) is 0.161. The average molecular weight is 809 g/mol. The molecule has 12 aromatic rings. The minimum absolute atomic E-state index is 0.621. The van der Waals surface area contributed by atoms with Gasteiger partial charge in [-0.05, 0) is 81.9 Å². The van der Waals surface area contributed by atoms with Gasteiger partial charge in [0.15, 0.2) is 17.5 Å². The Labute approximate surface area is 362 Å². The molecule has 0 aliphatic heterocycles. The van der Waals surface area contributed by atoms with Gasteiger partial charge in [-0.3, -0.25) is 0 Å². The van der Waals surface area contributed by atoms with E-state index in [0.717, 1.165) is 44.6 Å². The maximum Gasteiger partial charge on any atom is 0.164 e. The molecule has 0 amide bonds. The molecular weight excluding hydrogens is 773 g/mol. The van der Waals surface area contributed by atoms with Gasteiger partial charge in [0.25, 0.3) is 0 Å². The van der Waals surface area contributed by atoms with E-state index in [0.29, 0.717) is 17.5 Å². The molecule has 0 spiro atoms. The van der Waals surface area contributed by atoms with Crippen LogP contribution in [0.5, 0.6) is 0 Å². The first-order chi connectivity index (χ1) is 30.7. The summed E-state index contributed by atoms with van der Waals surface area (Å²) in [5.41, 5.74) is 13.1. The molecule has 0 aliphatic carbocycles. The zero-order valence-electron chi connectivity index (χ0n) is 33.5. The Balaban J connectivity index is 1.12. The summed E-state index contributed by atoms with van der Waals surface area (Å²) in [6, 6.07) is 77.5. The van der Waals surface area contributed by atoms with Crippen LogP contribution < -0.4 is 0 Å². The first kappa shape index (κ1) is 35.9. The lowest BCUT2D eigenvalue weighted by Crippen LogP contribution is -2.01. The third-order valence-electron chi connectivity index (χ3n) is 11.9. The second kappa shape index (κ2) is 14.9. The van der Waals surface area contributed by atoms with Crippen molar-refractivity contribution < 1.29 is 0 Å². The summed E-state index contributed by atoms with van der Waals surface area (Å²) in [5, 5.41) is 4.98. The molecule has 3 heterocycles. The van der Waals surface area contributed by atoms with Crippen molar-refractivity contribution >= 4 is 53.3 Å². The van der Waals surface area contributed by atoms with Crippen molar-refractivity contribution in [2.75, 3.05) is 0 Å². The fourth-order valence-electron chi connectivity index (χ4n) is 8.93. The smallest absolute Gasteiger partial charge is 0.164 e. The molecule has 0 atom stereocenters. The standard InChI is InChI=1S/C57H36N4S/c1-5-16-37(17-6-1)40-22-15-23-41(34-40)42-28-30-45(48(35-42)57-59-55(38-18-7-2-8-19-38)58-56(60-57)39-20-9-3-10-21-39)43-29-32-51-49(36-43)53-52(62-51)33-31-47-46-26-13-14-27-50(46)61(54(47)53)44-24-11-4-12-25-44/h1-36H. The lowest BCUT2D eigenvalue weighted by atomic mass is 9.92.